The van der Waals surface area contributed by atoms with Gasteiger partial charge >= 0.3 is 0 Å². The Balaban J connectivity index is 4.17. The smallest absolute Gasteiger partial charge is 0.214 e. The van der Waals surface area contributed by atoms with Gasteiger partial charge < -0.3 is 0 Å². The Kier molecular flexibility index (Phi) is 8.22. The first-order chi connectivity index (χ1) is 7.58. The van der Waals surface area contributed by atoms with E-state index >= 15 is 0 Å². The Bertz CT molecular complexity index is 306. The van der Waals surface area contributed by atoms with E-state index in [0.717, 1.165) is 32.1 Å². The molecular weight excluding hydrogens is 224 g/mol. The summed E-state index contributed by atoms with van der Waals surface area (Å²) in [4.78, 5) is 0. The minimum absolute atomic E-state index is 0.435. The summed E-state index contributed by atoms with van der Waals surface area (Å²) < 4.78 is 25.9. The van der Waals surface area contributed by atoms with E-state index in [1.807, 2.05) is 13.0 Å². The maximum Gasteiger partial charge on any atom is 0.227 e. The van der Waals surface area contributed by atoms with Crippen molar-refractivity contribution < 1.29 is 8.42 Å². The summed E-state index contributed by atoms with van der Waals surface area (Å²) in [6, 6.07) is 1.88. The predicted octanol–water partition coefficient (Wildman–Crippen LogP) is 2.18. The summed E-state index contributed by atoms with van der Waals surface area (Å²) in [6.07, 6.45) is 4.99. The third kappa shape index (κ3) is 6.09. The van der Waals surface area contributed by atoms with Crippen molar-refractivity contribution in [3.8, 4) is 6.07 Å². The summed E-state index contributed by atoms with van der Waals surface area (Å²) in [5.74, 6) is 0. The van der Waals surface area contributed by atoms with E-state index in [1.165, 1.54) is 0 Å². The van der Waals surface area contributed by atoms with Gasteiger partial charge in [-0.05, 0) is 12.8 Å². The standard InChI is InChI=1S/C11H22N2O2S/c1-3-5-7-8-11(10-12)16(14,15)13-9-6-4-2/h11,13H,3-9H2,1-2H3. The van der Waals surface area contributed by atoms with E-state index in [2.05, 4.69) is 11.6 Å². The zero-order chi connectivity index (χ0) is 12.4. The van der Waals surface area contributed by atoms with Crippen molar-refractivity contribution in [2.75, 3.05) is 6.54 Å². The number of hydrogen-bond donors (Lipinski definition) is 1. The molecule has 5 heteroatoms. The van der Waals surface area contributed by atoms with Gasteiger partial charge in [-0.1, -0.05) is 39.5 Å². The SMILES string of the molecule is CCCCCC(C#N)S(=O)(=O)NCCCC. The molecule has 0 aromatic heterocycles. The van der Waals surface area contributed by atoms with Gasteiger partial charge in [-0.3, -0.25) is 0 Å². The van der Waals surface area contributed by atoms with Crippen LogP contribution in [0.3, 0.4) is 0 Å². The van der Waals surface area contributed by atoms with Gasteiger partial charge in [0.05, 0.1) is 6.07 Å². The number of rotatable bonds is 9. The number of unbranched alkanes of at least 4 members (excludes halogenated alkanes) is 3. The molecule has 16 heavy (non-hydrogen) atoms. The molecule has 0 aliphatic heterocycles. The summed E-state index contributed by atoms with van der Waals surface area (Å²) in [5.41, 5.74) is 0. The summed E-state index contributed by atoms with van der Waals surface area (Å²) in [7, 11) is -3.44. The van der Waals surface area contributed by atoms with E-state index in [9.17, 15) is 8.42 Å². The number of sulfonamides is 1. The molecule has 0 aliphatic carbocycles. The zero-order valence-electron chi connectivity index (χ0n) is 10.2. The van der Waals surface area contributed by atoms with Crippen LogP contribution in [0.4, 0.5) is 0 Å². The van der Waals surface area contributed by atoms with Gasteiger partial charge in [0.1, 0.15) is 0 Å². The van der Waals surface area contributed by atoms with E-state index < -0.39 is 15.3 Å². The maximum atomic E-state index is 11.7. The van der Waals surface area contributed by atoms with Gasteiger partial charge in [-0.2, -0.15) is 5.26 Å². The first-order valence-electron chi connectivity index (χ1n) is 5.96. The largest absolute Gasteiger partial charge is 0.227 e. The average Bonchev–Trinajstić information content (AvgIpc) is 2.24. The number of hydrogen-bond acceptors (Lipinski definition) is 3. The molecule has 0 spiro atoms. The third-order valence-corrected chi connectivity index (χ3v) is 4.12. The highest BCUT2D eigenvalue weighted by atomic mass is 32.2. The molecule has 4 nitrogen and oxygen atoms in total. The molecule has 1 atom stereocenters. The molecule has 0 saturated heterocycles. The average molecular weight is 246 g/mol. The summed E-state index contributed by atoms with van der Waals surface area (Å²) >= 11 is 0. The van der Waals surface area contributed by atoms with Crippen LogP contribution < -0.4 is 4.72 Å². The van der Waals surface area contributed by atoms with Gasteiger partial charge in [-0.25, -0.2) is 13.1 Å². The van der Waals surface area contributed by atoms with E-state index in [4.69, 9.17) is 5.26 Å². The normalized spacial score (nSPS) is 13.3. The molecule has 0 aromatic carbocycles. The van der Waals surface area contributed by atoms with Gasteiger partial charge in [-0.15, -0.1) is 0 Å². The Morgan fingerprint density at radius 2 is 1.81 bits per heavy atom. The van der Waals surface area contributed by atoms with Crippen molar-refractivity contribution in [3.63, 3.8) is 0 Å². The Morgan fingerprint density at radius 3 is 2.31 bits per heavy atom. The predicted molar refractivity (Wildman–Crippen MR) is 65.4 cm³/mol. The first kappa shape index (κ1) is 15.4. The zero-order valence-corrected chi connectivity index (χ0v) is 11.0. The molecular formula is C11H22N2O2S. The Labute approximate surface area is 99.1 Å². The second kappa shape index (κ2) is 8.54. The van der Waals surface area contributed by atoms with Crippen LogP contribution in [0.2, 0.25) is 0 Å². The van der Waals surface area contributed by atoms with Crippen LogP contribution in [0.25, 0.3) is 0 Å². The third-order valence-electron chi connectivity index (χ3n) is 2.42. The fourth-order valence-electron chi connectivity index (χ4n) is 1.36. The molecule has 0 saturated carbocycles. The van der Waals surface area contributed by atoms with Crippen molar-refractivity contribution in [2.24, 2.45) is 0 Å². The Morgan fingerprint density at radius 1 is 1.19 bits per heavy atom. The molecule has 0 fully saturated rings. The van der Waals surface area contributed by atoms with Crippen molar-refractivity contribution in [1.29, 1.82) is 5.26 Å². The van der Waals surface area contributed by atoms with Crippen LogP contribution in [0.5, 0.6) is 0 Å². The van der Waals surface area contributed by atoms with Gasteiger partial charge in [0, 0.05) is 6.54 Å². The number of nitrogens with one attached hydrogen (secondary N) is 1. The van der Waals surface area contributed by atoms with Crippen molar-refractivity contribution in [1.82, 2.24) is 4.72 Å². The second-order valence-corrected chi connectivity index (χ2v) is 5.85. The van der Waals surface area contributed by atoms with E-state index in [0.29, 0.717) is 13.0 Å². The van der Waals surface area contributed by atoms with Crippen LogP contribution >= 0.6 is 0 Å². The lowest BCUT2D eigenvalue weighted by Gasteiger charge is -2.11. The quantitative estimate of drug-likeness (QED) is 0.634. The molecule has 0 rings (SSSR count). The second-order valence-electron chi connectivity index (χ2n) is 3.91. The highest BCUT2D eigenvalue weighted by Crippen LogP contribution is 2.09. The first-order valence-corrected chi connectivity index (χ1v) is 7.51. The van der Waals surface area contributed by atoms with E-state index in [-0.39, 0.29) is 0 Å². The minimum atomic E-state index is -3.44. The topological polar surface area (TPSA) is 70.0 Å². The molecule has 0 aromatic rings. The lowest BCUT2D eigenvalue weighted by Crippen LogP contribution is -2.34. The summed E-state index contributed by atoms with van der Waals surface area (Å²) in [5, 5.41) is 7.96. The highest BCUT2D eigenvalue weighted by Gasteiger charge is 2.23. The van der Waals surface area contributed by atoms with Crippen molar-refractivity contribution in [2.45, 2.75) is 57.6 Å². The van der Waals surface area contributed by atoms with Crippen LogP contribution in [0.1, 0.15) is 52.4 Å². The fourth-order valence-corrected chi connectivity index (χ4v) is 2.61. The monoisotopic (exact) mass is 246 g/mol. The van der Waals surface area contributed by atoms with E-state index in [1.54, 1.807) is 0 Å². The fraction of sp³-hybridized carbons (Fsp3) is 0.909. The van der Waals surface area contributed by atoms with Gasteiger partial charge in [0.25, 0.3) is 0 Å². The van der Waals surface area contributed by atoms with Gasteiger partial charge in [0.2, 0.25) is 10.0 Å². The molecule has 0 radical (unpaired) electrons. The molecule has 0 aliphatic rings. The van der Waals surface area contributed by atoms with Crippen molar-refractivity contribution in [3.05, 3.63) is 0 Å². The lowest BCUT2D eigenvalue weighted by atomic mass is 10.2. The van der Waals surface area contributed by atoms with Crippen molar-refractivity contribution >= 4 is 10.0 Å². The number of nitrogens with zero attached hydrogens (tertiary/aromatic N) is 1. The summed E-state index contributed by atoms with van der Waals surface area (Å²) in [6.45, 7) is 4.48. The lowest BCUT2D eigenvalue weighted by molar-refractivity contribution is 0.561. The van der Waals surface area contributed by atoms with Gasteiger partial charge in [0.15, 0.2) is 5.25 Å². The van der Waals surface area contributed by atoms with Crippen LogP contribution in [-0.4, -0.2) is 20.2 Å². The number of nitriles is 1. The molecule has 94 valence electrons. The van der Waals surface area contributed by atoms with Crippen LogP contribution in [0, 0.1) is 11.3 Å². The minimum Gasteiger partial charge on any atom is -0.214 e. The molecule has 0 heterocycles. The van der Waals surface area contributed by atoms with Crippen LogP contribution in [0.15, 0.2) is 0 Å². The molecule has 1 unspecified atom stereocenters. The highest BCUT2D eigenvalue weighted by molar-refractivity contribution is 7.90. The Hall–Kier alpha value is -0.600. The van der Waals surface area contributed by atoms with Crippen LogP contribution in [-0.2, 0) is 10.0 Å². The maximum absolute atomic E-state index is 11.7. The molecule has 1 N–H and O–H groups in total. The molecule has 0 bridgehead atoms. The molecule has 0 amide bonds.